The van der Waals surface area contributed by atoms with Crippen LogP contribution < -0.4 is 0 Å². The zero-order valence-electron chi connectivity index (χ0n) is 10.3. The lowest BCUT2D eigenvalue weighted by Crippen LogP contribution is -1.94. The molecule has 0 bridgehead atoms. The van der Waals surface area contributed by atoms with Crippen molar-refractivity contribution in [3.05, 3.63) is 58.9 Å². The van der Waals surface area contributed by atoms with Crippen LogP contribution in [-0.4, -0.2) is 15.6 Å². The number of ketones is 1. The fraction of sp³-hybridized carbons (Fsp3) is 0.200. The minimum atomic E-state index is 0.148. The Morgan fingerprint density at radius 3 is 2.94 bits per heavy atom. The number of fused-ring (bicyclic) bond motifs is 1. The third-order valence-electron chi connectivity index (χ3n) is 3.25. The minimum absolute atomic E-state index is 0.148. The summed E-state index contributed by atoms with van der Waals surface area (Å²) in [7, 11) is 0. The molecule has 1 heterocycles. The van der Waals surface area contributed by atoms with Crippen molar-refractivity contribution >= 4 is 11.9 Å². The van der Waals surface area contributed by atoms with Crippen molar-refractivity contribution < 1.29 is 4.79 Å². The third-order valence-corrected chi connectivity index (χ3v) is 3.25. The van der Waals surface area contributed by atoms with Gasteiger partial charge in [0.25, 0.3) is 0 Å². The molecule has 0 fully saturated rings. The van der Waals surface area contributed by atoms with Gasteiger partial charge in [0.1, 0.15) is 0 Å². The van der Waals surface area contributed by atoms with E-state index in [1.807, 2.05) is 48.1 Å². The molecule has 0 saturated carbocycles. The van der Waals surface area contributed by atoms with Crippen molar-refractivity contribution in [2.45, 2.75) is 19.9 Å². The highest BCUT2D eigenvalue weighted by Crippen LogP contribution is 2.27. The predicted molar refractivity (Wildman–Crippen MR) is 70.4 cm³/mol. The Labute approximate surface area is 106 Å². The number of hydrogen-bond acceptors (Lipinski definition) is 2. The van der Waals surface area contributed by atoms with Gasteiger partial charge < -0.3 is 0 Å². The minimum Gasteiger partial charge on any atom is -0.289 e. The van der Waals surface area contributed by atoms with E-state index in [1.165, 1.54) is 0 Å². The molecule has 0 atom stereocenters. The Kier molecular flexibility index (Phi) is 2.59. The quantitative estimate of drug-likeness (QED) is 0.754. The Morgan fingerprint density at radius 1 is 1.39 bits per heavy atom. The van der Waals surface area contributed by atoms with Crippen molar-refractivity contribution in [2.75, 3.05) is 0 Å². The molecule has 1 aliphatic rings. The molecule has 2 aromatic rings. The molecule has 0 N–H and O–H groups in total. The van der Waals surface area contributed by atoms with Crippen molar-refractivity contribution in [1.82, 2.24) is 9.78 Å². The van der Waals surface area contributed by atoms with E-state index >= 15 is 0 Å². The molecule has 90 valence electrons. The summed E-state index contributed by atoms with van der Waals surface area (Å²) in [5.74, 6) is 0.148. The summed E-state index contributed by atoms with van der Waals surface area (Å²) in [6.45, 7) is 2.89. The van der Waals surface area contributed by atoms with E-state index in [0.29, 0.717) is 0 Å². The standard InChI is InChI=1S/C15H14N2O/c1-2-17-10-11(9-16-17)7-13-8-12-5-3-4-6-14(12)15(13)18/h3-7,9-10H,2,8H2,1H3/b13-7+. The zero-order valence-corrected chi connectivity index (χ0v) is 10.3. The van der Waals surface area contributed by atoms with Crippen LogP contribution in [0.3, 0.4) is 0 Å². The van der Waals surface area contributed by atoms with E-state index in [1.54, 1.807) is 6.20 Å². The molecule has 0 amide bonds. The topological polar surface area (TPSA) is 34.9 Å². The van der Waals surface area contributed by atoms with Crippen LogP contribution in [0.15, 0.2) is 42.2 Å². The number of Topliss-reactive ketones (excluding diaryl/α,β-unsaturated/α-hetero) is 1. The number of rotatable bonds is 2. The van der Waals surface area contributed by atoms with Gasteiger partial charge in [-0.3, -0.25) is 9.48 Å². The van der Waals surface area contributed by atoms with Gasteiger partial charge in [-0.15, -0.1) is 0 Å². The van der Waals surface area contributed by atoms with Gasteiger partial charge in [0.05, 0.1) is 6.20 Å². The monoisotopic (exact) mass is 238 g/mol. The molecule has 0 aliphatic heterocycles. The third kappa shape index (κ3) is 1.78. The first-order chi connectivity index (χ1) is 8.78. The van der Waals surface area contributed by atoms with Crippen molar-refractivity contribution in [3.8, 4) is 0 Å². The first-order valence-corrected chi connectivity index (χ1v) is 6.13. The van der Waals surface area contributed by atoms with Gasteiger partial charge in [-0.1, -0.05) is 24.3 Å². The summed E-state index contributed by atoms with van der Waals surface area (Å²) in [5.41, 5.74) is 3.81. The Bertz CT molecular complexity index is 637. The lowest BCUT2D eigenvalue weighted by Gasteiger charge is -1.93. The molecule has 0 saturated heterocycles. The second-order valence-corrected chi connectivity index (χ2v) is 4.46. The van der Waals surface area contributed by atoms with E-state index < -0.39 is 0 Å². The molecule has 1 aliphatic carbocycles. The van der Waals surface area contributed by atoms with Gasteiger partial charge in [-0.05, 0) is 18.6 Å². The number of carbonyl (C=O) groups excluding carboxylic acids is 1. The number of allylic oxidation sites excluding steroid dienone is 1. The molecular formula is C15H14N2O. The number of aromatic nitrogens is 2. The highest BCUT2D eigenvalue weighted by Gasteiger charge is 2.23. The average molecular weight is 238 g/mol. The van der Waals surface area contributed by atoms with Crippen LogP contribution in [-0.2, 0) is 13.0 Å². The molecule has 18 heavy (non-hydrogen) atoms. The summed E-state index contributed by atoms with van der Waals surface area (Å²) in [6, 6.07) is 7.80. The molecular weight excluding hydrogens is 224 g/mol. The van der Waals surface area contributed by atoms with Crippen LogP contribution in [0.2, 0.25) is 0 Å². The lowest BCUT2D eigenvalue weighted by atomic mass is 10.1. The molecule has 3 rings (SSSR count). The van der Waals surface area contributed by atoms with Crippen molar-refractivity contribution in [3.63, 3.8) is 0 Å². The van der Waals surface area contributed by atoms with Gasteiger partial charge in [0.2, 0.25) is 0 Å². The van der Waals surface area contributed by atoms with Crippen LogP contribution in [0, 0.1) is 0 Å². The molecule has 0 radical (unpaired) electrons. The van der Waals surface area contributed by atoms with Gasteiger partial charge in [-0.2, -0.15) is 5.10 Å². The SMILES string of the molecule is CCn1cc(/C=C2\Cc3ccccc3C2=O)cn1. The number of nitrogens with zero attached hydrogens (tertiary/aromatic N) is 2. The largest absolute Gasteiger partial charge is 0.289 e. The second-order valence-electron chi connectivity index (χ2n) is 4.46. The molecule has 3 nitrogen and oxygen atoms in total. The maximum absolute atomic E-state index is 12.2. The molecule has 1 aromatic carbocycles. The van der Waals surface area contributed by atoms with Gasteiger partial charge in [-0.25, -0.2) is 0 Å². The average Bonchev–Trinajstić information content (AvgIpc) is 2.97. The van der Waals surface area contributed by atoms with Gasteiger partial charge in [0.15, 0.2) is 5.78 Å². The Hall–Kier alpha value is -2.16. The normalized spacial score (nSPS) is 16.3. The molecule has 0 unspecified atom stereocenters. The first kappa shape index (κ1) is 11.0. The van der Waals surface area contributed by atoms with Crippen LogP contribution in [0.4, 0.5) is 0 Å². The number of carbonyl (C=O) groups is 1. The number of hydrogen-bond donors (Lipinski definition) is 0. The predicted octanol–water partition coefficient (Wildman–Crippen LogP) is 2.73. The first-order valence-electron chi connectivity index (χ1n) is 6.13. The Morgan fingerprint density at radius 2 is 2.22 bits per heavy atom. The Balaban J connectivity index is 1.94. The van der Waals surface area contributed by atoms with E-state index in [4.69, 9.17) is 0 Å². The molecule has 3 heteroatoms. The fourth-order valence-electron chi connectivity index (χ4n) is 2.30. The van der Waals surface area contributed by atoms with Crippen LogP contribution in [0.25, 0.3) is 6.08 Å². The summed E-state index contributed by atoms with van der Waals surface area (Å²) in [6.07, 6.45) is 6.43. The van der Waals surface area contributed by atoms with Crippen molar-refractivity contribution in [2.24, 2.45) is 0 Å². The van der Waals surface area contributed by atoms with Crippen LogP contribution >= 0.6 is 0 Å². The number of benzene rings is 1. The van der Waals surface area contributed by atoms with Crippen LogP contribution in [0.1, 0.15) is 28.4 Å². The van der Waals surface area contributed by atoms with E-state index in [2.05, 4.69) is 5.10 Å². The summed E-state index contributed by atoms with van der Waals surface area (Å²) in [4.78, 5) is 12.2. The van der Waals surface area contributed by atoms with Gasteiger partial charge in [0, 0.05) is 35.9 Å². The zero-order chi connectivity index (χ0) is 12.5. The smallest absolute Gasteiger partial charge is 0.189 e. The summed E-state index contributed by atoms with van der Waals surface area (Å²) in [5, 5.41) is 4.21. The lowest BCUT2D eigenvalue weighted by molar-refractivity contribution is 0.104. The second kappa shape index (κ2) is 4.26. The van der Waals surface area contributed by atoms with Crippen LogP contribution in [0.5, 0.6) is 0 Å². The maximum atomic E-state index is 12.2. The molecule has 1 aromatic heterocycles. The number of aryl methyl sites for hydroxylation is 1. The highest BCUT2D eigenvalue weighted by molar-refractivity contribution is 6.15. The highest BCUT2D eigenvalue weighted by atomic mass is 16.1. The van der Waals surface area contributed by atoms with Crippen molar-refractivity contribution in [1.29, 1.82) is 0 Å². The van der Waals surface area contributed by atoms with Gasteiger partial charge >= 0.3 is 0 Å². The fourth-order valence-corrected chi connectivity index (χ4v) is 2.30. The maximum Gasteiger partial charge on any atom is 0.189 e. The van der Waals surface area contributed by atoms with E-state index in [9.17, 15) is 4.79 Å². The van der Waals surface area contributed by atoms with E-state index in [-0.39, 0.29) is 5.78 Å². The summed E-state index contributed by atoms with van der Waals surface area (Å²) < 4.78 is 1.86. The van der Waals surface area contributed by atoms with E-state index in [0.717, 1.165) is 35.2 Å². The molecule has 0 spiro atoms. The summed E-state index contributed by atoms with van der Waals surface area (Å²) >= 11 is 0.